The first-order valence-corrected chi connectivity index (χ1v) is 12.2. The Morgan fingerprint density at radius 1 is 1.00 bits per heavy atom. The number of nitrogens with one attached hydrogen (secondary N) is 1. The standard InChI is InChI=1S/C29H32N4O/c30-23-12-14-24(15-13-23)32-29(34)17-26(22-9-6-16-31-18-22)27-20-33(19-21-7-2-1-3-8-21)28-11-5-4-10-25(27)28/h1-11,16,18,20,23-24,26H,12-15,17,19,30H2,(H,32,34)/t23-,24+,26?. The molecule has 1 aliphatic rings. The predicted octanol–water partition coefficient (Wildman–Crippen LogP) is 4.99. The van der Waals surface area contributed by atoms with Crippen molar-refractivity contribution in [3.8, 4) is 0 Å². The lowest BCUT2D eigenvalue weighted by molar-refractivity contribution is -0.122. The molecule has 0 bridgehead atoms. The van der Waals surface area contributed by atoms with Gasteiger partial charge in [-0.2, -0.15) is 0 Å². The van der Waals surface area contributed by atoms with Crippen LogP contribution < -0.4 is 11.1 Å². The number of para-hydroxylation sites is 1. The number of fused-ring (bicyclic) bond motifs is 1. The molecule has 174 valence electrons. The van der Waals surface area contributed by atoms with E-state index in [-0.39, 0.29) is 23.9 Å². The van der Waals surface area contributed by atoms with Crippen LogP contribution in [0.4, 0.5) is 0 Å². The van der Waals surface area contributed by atoms with Gasteiger partial charge < -0.3 is 15.6 Å². The molecule has 1 aliphatic carbocycles. The van der Waals surface area contributed by atoms with Gasteiger partial charge in [-0.3, -0.25) is 9.78 Å². The van der Waals surface area contributed by atoms with E-state index in [4.69, 9.17) is 5.73 Å². The summed E-state index contributed by atoms with van der Waals surface area (Å²) < 4.78 is 2.30. The molecule has 34 heavy (non-hydrogen) atoms. The number of aromatic nitrogens is 2. The van der Waals surface area contributed by atoms with Gasteiger partial charge in [-0.1, -0.05) is 54.6 Å². The van der Waals surface area contributed by atoms with Crippen LogP contribution in [-0.2, 0) is 11.3 Å². The van der Waals surface area contributed by atoms with E-state index in [1.165, 1.54) is 22.0 Å². The molecule has 2 aromatic carbocycles. The van der Waals surface area contributed by atoms with Crippen LogP contribution in [-0.4, -0.2) is 27.5 Å². The van der Waals surface area contributed by atoms with E-state index >= 15 is 0 Å². The quantitative estimate of drug-likeness (QED) is 0.415. The third-order valence-electron chi connectivity index (χ3n) is 7.00. The Kier molecular flexibility index (Phi) is 6.72. The van der Waals surface area contributed by atoms with Crippen LogP contribution in [0.5, 0.6) is 0 Å². The minimum Gasteiger partial charge on any atom is -0.353 e. The monoisotopic (exact) mass is 452 g/mol. The average molecular weight is 453 g/mol. The largest absolute Gasteiger partial charge is 0.353 e. The molecule has 0 saturated heterocycles. The second-order valence-electron chi connectivity index (χ2n) is 9.44. The first-order chi connectivity index (χ1) is 16.7. The summed E-state index contributed by atoms with van der Waals surface area (Å²) in [5, 5.41) is 4.47. The van der Waals surface area contributed by atoms with E-state index in [0.717, 1.165) is 37.8 Å². The SMILES string of the molecule is N[C@H]1CC[C@@H](NC(=O)CC(c2cccnc2)c2cn(Cc3ccccc3)c3ccccc23)CC1. The molecule has 0 aliphatic heterocycles. The Balaban J connectivity index is 1.47. The van der Waals surface area contributed by atoms with Crippen LogP contribution in [0.2, 0.25) is 0 Å². The maximum Gasteiger partial charge on any atom is 0.221 e. The number of hydrogen-bond donors (Lipinski definition) is 2. The summed E-state index contributed by atoms with van der Waals surface area (Å²) in [7, 11) is 0. The van der Waals surface area contributed by atoms with Crippen molar-refractivity contribution in [2.45, 2.75) is 56.7 Å². The predicted molar refractivity (Wildman–Crippen MR) is 137 cm³/mol. The minimum absolute atomic E-state index is 0.0681. The van der Waals surface area contributed by atoms with Gasteiger partial charge in [0.25, 0.3) is 0 Å². The van der Waals surface area contributed by atoms with Crippen LogP contribution >= 0.6 is 0 Å². The molecular formula is C29H32N4O. The maximum absolute atomic E-state index is 13.2. The van der Waals surface area contributed by atoms with Crippen molar-refractivity contribution in [3.63, 3.8) is 0 Å². The molecule has 2 heterocycles. The molecule has 2 aromatic heterocycles. The first kappa shape index (κ1) is 22.4. The van der Waals surface area contributed by atoms with E-state index in [1.54, 1.807) is 6.20 Å². The highest BCUT2D eigenvalue weighted by Crippen LogP contribution is 2.35. The van der Waals surface area contributed by atoms with Crippen molar-refractivity contribution in [2.24, 2.45) is 5.73 Å². The minimum atomic E-state index is -0.0681. The van der Waals surface area contributed by atoms with Gasteiger partial charge >= 0.3 is 0 Å². The molecule has 1 amide bonds. The molecule has 4 aromatic rings. The fourth-order valence-corrected chi connectivity index (χ4v) is 5.19. The molecule has 1 atom stereocenters. The van der Waals surface area contributed by atoms with Crippen LogP contribution in [0.1, 0.15) is 54.7 Å². The number of rotatable bonds is 7. The lowest BCUT2D eigenvalue weighted by Gasteiger charge is -2.27. The van der Waals surface area contributed by atoms with E-state index in [0.29, 0.717) is 6.42 Å². The Hall–Kier alpha value is -3.44. The van der Waals surface area contributed by atoms with Gasteiger partial charge in [0.15, 0.2) is 0 Å². The zero-order chi connectivity index (χ0) is 23.3. The smallest absolute Gasteiger partial charge is 0.221 e. The molecule has 1 fully saturated rings. The molecule has 5 nitrogen and oxygen atoms in total. The summed E-state index contributed by atoms with van der Waals surface area (Å²) in [6.45, 7) is 0.787. The Labute approximate surface area is 201 Å². The van der Waals surface area contributed by atoms with E-state index in [2.05, 4.69) is 75.7 Å². The molecule has 5 heteroatoms. The number of benzene rings is 2. The summed E-state index contributed by atoms with van der Waals surface area (Å²) in [6, 6.07) is 23.5. The molecule has 3 N–H and O–H groups in total. The summed E-state index contributed by atoms with van der Waals surface area (Å²) >= 11 is 0. The van der Waals surface area contributed by atoms with Gasteiger partial charge in [-0.25, -0.2) is 0 Å². The lowest BCUT2D eigenvalue weighted by Crippen LogP contribution is -2.40. The summed E-state index contributed by atoms with van der Waals surface area (Å²) in [5.41, 5.74) is 10.7. The Morgan fingerprint density at radius 3 is 2.53 bits per heavy atom. The number of hydrogen-bond acceptors (Lipinski definition) is 3. The highest BCUT2D eigenvalue weighted by atomic mass is 16.1. The fourth-order valence-electron chi connectivity index (χ4n) is 5.19. The Morgan fingerprint density at radius 2 is 1.76 bits per heavy atom. The fraction of sp³-hybridized carbons (Fsp3) is 0.310. The van der Waals surface area contributed by atoms with Crippen LogP contribution in [0.15, 0.2) is 85.3 Å². The summed E-state index contributed by atoms with van der Waals surface area (Å²) in [4.78, 5) is 17.6. The number of amides is 1. The van der Waals surface area contributed by atoms with Crippen molar-refractivity contribution in [2.75, 3.05) is 0 Å². The summed E-state index contributed by atoms with van der Waals surface area (Å²) in [5.74, 6) is 0.0238. The third-order valence-corrected chi connectivity index (χ3v) is 7.00. The van der Waals surface area contributed by atoms with Gasteiger partial charge in [-0.15, -0.1) is 0 Å². The van der Waals surface area contributed by atoms with Crippen molar-refractivity contribution < 1.29 is 4.79 Å². The number of carbonyl (C=O) groups excluding carboxylic acids is 1. The van der Waals surface area contributed by atoms with Crippen LogP contribution in [0.25, 0.3) is 10.9 Å². The molecule has 1 unspecified atom stereocenters. The molecular weight excluding hydrogens is 420 g/mol. The zero-order valence-corrected chi connectivity index (χ0v) is 19.4. The molecule has 0 radical (unpaired) electrons. The first-order valence-electron chi connectivity index (χ1n) is 12.2. The van der Waals surface area contributed by atoms with Crippen LogP contribution in [0, 0.1) is 0 Å². The summed E-state index contributed by atoms with van der Waals surface area (Å²) in [6.07, 6.45) is 10.2. The molecule has 1 saturated carbocycles. The van der Waals surface area contributed by atoms with Gasteiger partial charge in [0.1, 0.15) is 0 Å². The molecule has 5 rings (SSSR count). The third kappa shape index (κ3) is 5.05. The number of carbonyl (C=O) groups is 1. The van der Waals surface area contributed by atoms with Crippen molar-refractivity contribution in [1.29, 1.82) is 0 Å². The van der Waals surface area contributed by atoms with Gasteiger partial charge in [-0.05, 0) is 54.5 Å². The number of pyridine rings is 1. The van der Waals surface area contributed by atoms with Gasteiger partial charge in [0, 0.05) is 60.5 Å². The zero-order valence-electron chi connectivity index (χ0n) is 19.4. The van der Waals surface area contributed by atoms with Crippen molar-refractivity contribution >= 4 is 16.8 Å². The van der Waals surface area contributed by atoms with E-state index in [9.17, 15) is 4.79 Å². The van der Waals surface area contributed by atoms with Crippen LogP contribution in [0.3, 0.4) is 0 Å². The molecule has 0 spiro atoms. The Bertz CT molecular complexity index is 1230. The number of nitrogens with zero attached hydrogens (tertiary/aromatic N) is 2. The van der Waals surface area contributed by atoms with E-state index in [1.807, 2.05) is 18.3 Å². The number of nitrogens with two attached hydrogens (primary N) is 1. The maximum atomic E-state index is 13.2. The topological polar surface area (TPSA) is 72.9 Å². The van der Waals surface area contributed by atoms with Crippen molar-refractivity contribution in [3.05, 3.63) is 102 Å². The van der Waals surface area contributed by atoms with Gasteiger partial charge in [0.05, 0.1) is 0 Å². The lowest BCUT2D eigenvalue weighted by atomic mass is 9.88. The second-order valence-corrected chi connectivity index (χ2v) is 9.44. The van der Waals surface area contributed by atoms with Gasteiger partial charge in [0.2, 0.25) is 5.91 Å². The average Bonchev–Trinajstić information content (AvgIpc) is 3.23. The van der Waals surface area contributed by atoms with E-state index < -0.39 is 0 Å². The highest BCUT2D eigenvalue weighted by Gasteiger charge is 2.25. The highest BCUT2D eigenvalue weighted by molar-refractivity contribution is 5.86. The second kappa shape index (κ2) is 10.2. The van der Waals surface area contributed by atoms with Crippen molar-refractivity contribution in [1.82, 2.24) is 14.9 Å². The normalized spacial score (nSPS) is 19.1.